The largest absolute Gasteiger partial charge is 0.486 e. The van der Waals surface area contributed by atoms with E-state index in [1.54, 1.807) is 22.9 Å². The molecule has 0 fully saturated rings. The summed E-state index contributed by atoms with van der Waals surface area (Å²) in [6.07, 6.45) is 0.830. The predicted octanol–water partition coefficient (Wildman–Crippen LogP) is 4.14. The van der Waals surface area contributed by atoms with E-state index in [1.165, 1.54) is 4.90 Å². The van der Waals surface area contributed by atoms with Gasteiger partial charge in [-0.1, -0.05) is 61.5 Å². The van der Waals surface area contributed by atoms with E-state index < -0.39 is 6.04 Å². The fourth-order valence-electron chi connectivity index (χ4n) is 4.49. The van der Waals surface area contributed by atoms with Gasteiger partial charge in [0, 0.05) is 18.3 Å². The molecular weight excluding hydrogens is 482 g/mol. The molecule has 5 rings (SSSR count). The quantitative estimate of drug-likeness (QED) is 0.361. The molecule has 0 saturated heterocycles. The van der Waals surface area contributed by atoms with Crippen molar-refractivity contribution in [3.63, 3.8) is 0 Å². The van der Waals surface area contributed by atoms with Crippen LogP contribution in [-0.4, -0.2) is 46.6 Å². The third kappa shape index (κ3) is 5.46. The molecule has 2 amide bonds. The average Bonchev–Trinajstić information content (AvgIpc) is 3.34. The lowest BCUT2D eigenvalue weighted by Gasteiger charge is -2.32. The van der Waals surface area contributed by atoms with Gasteiger partial charge >= 0.3 is 0 Å². The lowest BCUT2D eigenvalue weighted by atomic mass is 10.0. The zero-order chi connectivity index (χ0) is 26.5. The van der Waals surface area contributed by atoms with Crippen molar-refractivity contribution in [3.8, 4) is 11.5 Å². The Hall–Kier alpha value is -4.40. The highest BCUT2D eigenvalue weighted by Crippen LogP contribution is 2.37. The van der Waals surface area contributed by atoms with Crippen LogP contribution in [0.1, 0.15) is 31.9 Å². The monoisotopic (exact) mass is 513 g/mol. The summed E-state index contributed by atoms with van der Waals surface area (Å²) in [4.78, 5) is 29.4. The molecule has 1 atom stereocenters. The maximum atomic E-state index is 14.1. The van der Waals surface area contributed by atoms with E-state index in [0.29, 0.717) is 53.9 Å². The molecule has 1 aromatic heterocycles. The van der Waals surface area contributed by atoms with Crippen molar-refractivity contribution < 1.29 is 19.1 Å². The SMILES string of the molecule is CC(C)CCNC(=O)C(c1ccccc1)N(C(=O)Cn1nnc2ccccc21)c1ccc2c(c1)OCCO2. The van der Waals surface area contributed by atoms with Crippen molar-refractivity contribution in [1.29, 1.82) is 0 Å². The van der Waals surface area contributed by atoms with E-state index in [4.69, 9.17) is 9.47 Å². The molecule has 9 heteroatoms. The Bertz CT molecular complexity index is 1420. The summed E-state index contributed by atoms with van der Waals surface area (Å²) < 4.78 is 13.1. The Morgan fingerprint density at radius 1 is 0.974 bits per heavy atom. The number of hydrogen-bond donors (Lipinski definition) is 1. The van der Waals surface area contributed by atoms with Crippen molar-refractivity contribution in [2.75, 3.05) is 24.7 Å². The van der Waals surface area contributed by atoms with Gasteiger partial charge in [0.1, 0.15) is 31.3 Å². The first-order valence-electron chi connectivity index (χ1n) is 12.8. The molecule has 2 heterocycles. The molecule has 0 aliphatic carbocycles. The van der Waals surface area contributed by atoms with Crippen LogP contribution in [-0.2, 0) is 16.1 Å². The Balaban J connectivity index is 1.56. The molecule has 0 radical (unpaired) electrons. The molecule has 9 nitrogen and oxygen atoms in total. The van der Waals surface area contributed by atoms with E-state index in [0.717, 1.165) is 11.9 Å². The Labute approximate surface area is 221 Å². The summed E-state index contributed by atoms with van der Waals surface area (Å²) in [6, 6.07) is 21.2. The third-order valence-corrected chi connectivity index (χ3v) is 6.42. The van der Waals surface area contributed by atoms with Crippen LogP contribution in [0.25, 0.3) is 11.0 Å². The summed E-state index contributed by atoms with van der Waals surface area (Å²) in [7, 11) is 0. The number of carbonyl (C=O) groups excluding carboxylic acids is 2. The van der Waals surface area contributed by atoms with E-state index >= 15 is 0 Å². The van der Waals surface area contributed by atoms with Crippen LogP contribution >= 0.6 is 0 Å². The first-order valence-corrected chi connectivity index (χ1v) is 12.8. The maximum Gasteiger partial charge on any atom is 0.249 e. The molecule has 0 bridgehead atoms. The van der Waals surface area contributed by atoms with Gasteiger partial charge in [0.2, 0.25) is 11.8 Å². The first kappa shape index (κ1) is 25.3. The van der Waals surface area contributed by atoms with Gasteiger partial charge in [-0.05, 0) is 42.2 Å². The van der Waals surface area contributed by atoms with Gasteiger partial charge in [0.05, 0.1) is 5.52 Å². The number of amides is 2. The van der Waals surface area contributed by atoms with E-state index in [-0.39, 0.29) is 18.4 Å². The van der Waals surface area contributed by atoms with Crippen LogP contribution in [0.4, 0.5) is 5.69 Å². The molecule has 3 aromatic carbocycles. The standard InChI is InChI=1S/C29H31N5O4/c1-20(2)14-15-30-29(36)28(21-8-4-3-5-9-21)34(22-12-13-25-26(18-22)38-17-16-37-25)27(35)19-33-24-11-7-6-10-23(24)31-32-33/h3-13,18,20,28H,14-17,19H2,1-2H3,(H,30,36). The molecule has 196 valence electrons. The van der Waals surface area contributed by atoms with Gasteiger partial charge in [-0.25, -0.2) is 4.68 Å². The van der Waals surface area contributed by atoms with Gasteiger partial charge in [0.15, 0.2) is 11.5 Å². The van der Waals surface area contributed by atoms with Gasteiger partial charge in [0.25, 0.3) is 0 Å². The number of para-hydroxylation sites is 1. The number of fused-ring (bicyclic) bond motifs is 2. The fourth-order valence-corrected chi connectivity index (χ4v) is 4.49. The molecule has 1 aliphatic rings. The first-order chi connectivity index (χ1) is 18.5. The minimum Gasteiger partial charge on any atom is -0.486 e. The number of hydrogen-bond acceptors (Lipinski definition) is 6. The number of benzene rings is 3. The van der Waals surface area contributed by atoms with Crippen molar-refractivity contribution in [2.24, 2.45) is 5.92 Å². The Morgan fingerprint density at radius 3 is 2.50 bits per heavy atom. The van der Waals surface area contributed by atoms with Crippen LogP contribution in [0.15, 0.2) is 72.8 Å². The molecule has 1 N–H and O–H groups in total. The summed E-state index contributed by atoms with van der Waals surface area (Å²) in [5.74, 6) is 0.993. The summed E-state index contributed by atoms with van der Waals surface area (Å²) in [6.45, 7) is 5.49. The highest BCUT2D eigenvalue weighted by Gasteiger charge is 2.34. The third-order valence-electron chi connectivity index (χ3n) is 6.42. The zero-order valence-electron chi connectivity index (χ0n) is 21.5. The maximum absolute atomic E-state index is 14.1. The van der Waals surface area contributed by atoms with Crippen LogP contribution in [0.5, 0.6) is 11.5 Å². The molecule has 1 unspecified atom stereocenters. The molecular formula is C29H31N5O4. The number of aromatic nitrogens is 3. The smallest absolute Gasteiger partial charge is 0.249 e. The molecule has 1 aliphatic heterocycles. The van der Waals surface area contributed by atoms with Gasteiger partial charge in [-0.15, -0.1) is 5.10 Å². The van der Waals surface area contributed by atoms with Gasteiger partial charge in [-0.2, -0.15) is 0 Å². The summed E-state index contributed by atoms with van der Waals surface area (Å²) in [5, 5.41) is 11.4. The van der Waals surface area contributed by atoms with Gasteiger partial charge < -0.3 is 14.8 Å². The minimum absolute atomic E-state index is 0.0996. The van der Waals surface area contributed by atoms with E-state index in [1.807, 2.05) is 54.6 Å². The normalized spacial score (nSPS) is 13.3. The summed E-state index contributed by atoms with van der Waals surface area (Å²) >= 11 is 0. The number of nitrogens with one attached hydrogen (secondary N) is 1. The molecule has 0 saturated carbocycles. The van der Waals surface area contributed by atoms with Crippen molar-refractivity contribution in [1.82, 2.24) is 20.3 Å². The topological polar surface area (TPSA) is 98.6 Å². The van der Waals surface area contributed by atoms with Crippen LogP contribution in [0, 0.1) is 5.92 Å². The number of ether oxygens (including phenoxy) is 2. The molecule has 0 spiro atoms. The highest BCUT2D eigenvalue weighted by molar-refractivity contribution is 6.01. The molecule has 38 heavy (non-hydrogen) atoms. The number of anilines is 1. The second kappa shape index (κ2) is 11.3. The second-order valence-corrected chi connectivity index (χ2v) is 9.61. The van der Waals surface area contributed by atoms with Crippen molar-refractivity contribution in [3.05, 3.63) is 78.4 Å². The van der Waals surface area contributed by atoms with Crippen molar-refractivity contribution >= 4 is 28.5 Å². The Morgan fingerprint density at radius 2 is 1.71 bits per heavy atom. The number of nitrogens with zero attached hydrogens (tertiary/aromatic N) is 4. The van der Waals surface area contributed by atoms with E-state index in [2.05, 4.69) is 29.5 Å². The van der Waals surface area contributed by atoms with Gasteiger partial charge in [-0.3, -0.25) is 14.5 Å². The highest BCUT2D eigenvalue weighted by atomic mass is 16.6. The Kier molecular flexibility index (Phi) is 7.53. The van der Waals surface area contributed by atoms with Crippen LogP contribution in [0.3, 0.4) is 0 Å². The average molecular weight is 514 g/mol. The zero-order valence-corrected chi connectivity index (χ0v) is 21.5. The van der Waals surface area contributed by atoms with Crippen molar-refractivity contribution in [2.45, 2.75) is 32.9 Å². The number of rotatable bonds is 9. The van der Waals surface area contributed by atoms with E-state index in [9.17, 15) is 9.59 Å². The molecule has 4 aromatic rings. The predicted molar refractivity (Wildman–Crippen MR) is 144 cm³/mol. The number of carbonyl (C=O) groups is 2. The lowest BCUT2D eigenvalue weighted by molar-refractivity contribution is -0.127. The van der Waals surface area contributed by atoms with Crippen LogP contribution in [0.2, 0.25) is 0 Å². The second-order valence-electron chi connectivity index (χ2n) is 9.61. The fraction of sp³-hybridized carbons (Fsp3) is 0.310. The lowest BCUT2D eigenvalue weighted by Crippen LogP contribution is -2.45. The minimum atomic E-state index is -0.909. The van der Waals surface area contributed by atoms with Crippen LogP contribution < -0.4 is 19.7 Å². The summed E-state index contributed by atoms with van der Waals surface area (Å²) in [5.41, 5.74) is 2.65.